The Morgan fingerprint density at radius 2 is 1.03 bits per heavy atom. The summed E-state index contributed by atoms with van der Waals surface area (Å²) in [6.45, 7) is 41.7. The van der Waals surface area contributed by atoms with Gasteiger partial charge in [0.2, 0.25) is 11.8 Å². The van der Waals surface area contributed by atoms with Crippen LogP contribution in [0.1, 0.15) is 156 Å². The largest absolute Gasteiger partial charge is 0.389 e. The number of amides is 2. The fraction of sp³-hybridized carbons (Fsp3) is 0.962. The Balaban J connectivity index is 0.000000224. The highest BCUT2D eigenvalue weighted by atomic mass is 16.5. The molecule has 0 aromatic heterocycles. The van der Waals surface area contributed by atoms with Crippen molar-refractivity contribution >= 4 is 11.8 Å². The van der Waals surface area contributed by atoms with Gasteiger partial charge < -0.3 is 45.9 Å². The molecule has 4 bridgehead atoms. The van der Waals surface area contributed by atoms with Crippen molar-refractivity contribution in [2.24, 2.45) is 71.0 Å². The molecule has 0 radical (unpaired) electrons. The molecule has 2 amide bonds. The molecule has 0 aromatic rings. The predicted octanol–water partition coefficient (Wildman–Crippen LogP) is 7.52. The molecule has 63 heavy (non-hydrogen) atoms. The van der Waals surface area contributed by atoms with E-state index in [1.54, 1.807) is 0 Å². The smallest absolute Gasteiger partial charge is 0.223 e. The number of rotatable bonds is 9. The summed E-state index contributed by atoms with van der Waals surface area (Å²) in [5.41, 5.74) is 0. The number of ether oxygens (including phenoxy) is 2. The second-order valence-electron chi connectivity index (χ2n) is 23.0. The lowest BCUT2D eigenvalue weighted by atomic mass is 9.72. The van der Waals surface area contributed by atoms with Gasteiger partial charge in [-0.3, -0.25) is 9.59 Å². The Bertz CT molecular complexity index is 1280. The standard InChI is InChI=1S/C14H28N2O.2C13H25NO2.C12H23NO/c1-6-16-9-12(10(2)3)14(11(4)5)15-8-7-13(16)17;2*1-7(2)12-11-5-9(10(15)6-16-11)14-13(12)8(3)4;1-8(2)10-6-5-7-11(14)13-12(10)9(3)4/h10-12,14-15H,6-9H2,1-5H3;2*7-15H,5-6H2,1-4H3;8-10,12H,5-7H2,1-4H3,(H,13,14)/t;9-,10+,11-,12?,13?;9-,10-,11-,12?,13?;/m.01./s1. The molecule has 6 saturated heterocycles. The number of piperidine rings is 2. The normalized spacial score (nSPS) is 36.3. The van der Waals surface area contributed by atoms with Gasteiger partial charge in [0, 0.05) is 80.6 Å². The molecule has 370 valence electrons. The molecule has 6 fully saturated rings. The first-order valence-electron chi connectivity index (χ1n) is 25.9. The first kappa shape index (κ1) is 56.0. The highest BCUT2D eigenvalue weighted by Crippen LogP contribution is 2.38. The number of aliphatic hydroxyl groups excluding tert-OH is 2. The maximum Gasteiger partial charge on any atom is 0.223 e. The summed E-state index contributed by atoms with van der Waals surface area (Å²) in [5.74, 6) is 7.77. The van der Waals surface area contributed by atoms with Crippen molar-refractivity contribution in [2.75, 3.05) is 32.8 Å². The molecular weight excluding hydrogens is 791 g/mol. The number of hydrogen-bond donors (Lipinski definition) is 6. The Kier molecular flexibility index (Phi) is 23.3. The third-order valence-corrected chi connectivity index (χ3v) is 15.6. The maximum atomic E-state index is 11.9. The van der Waals surface area contributed by atoms with E-state index in [9.17, 15) is 19.8 Å². The second-order valence-corrected chi connectivity index (χ2v) is 23.0. The van der Waals surface area contributed by atoms with Crippen LogP contribution >= 0.6 is 0 Å². The summed E-state index contributed by atoms with van der Waals surface area (Å²) < 4.78 is 11.7. The van der Waals surface area contributed by atoms with Crippen LogP contribution in [0.3, 0.4) is 0 Å². The van der Waals surface area contributed by atoms with Crippen molar-refractivity contribution in [1.82, 2.24) is 26.2 Å². The highest BCUT2D eigenvalue weighted by Gasteiger charge is 2.47. The monoisotopic (exact) mass is 892 g/mol. The first-order valence-corrected chi connectivity index (χ1v) is 25.9. The van der Waals surface area contributed by atoms with Crippen LogP contribution in [0.5, 0.6) is 0 Å². The average Bonchev–Trinajstić information content (AvgIpc) is 3.41. The van der Waals surface area contributed by atoms with Crippen molar-refractivity contribution in [3.8, 4) is 0 Å². The number of fused-ring (bicyclic) bond motifs is 4. The predicted molar refractivity (Wildman–Crippen MR) is 259 cm³/mol. The van der Waals surface area contributed by atoms with E-state index < -0.39 is 0 Å². The van der Waals surface area contributed by atoms with Gasteiger partial charge in [-0.25, -0.2) is 0 Å². The quantitative estimate of drug-likeness (QED) is 0.139. The Labute approximate surface area is 386 Å². The number of nitrogens with one attached hydrogen (secondary N) is 4. The van der Waals surface area contributed by atoms with Crippen molar-refractivity contribution in [2.45, 2.75) is 217 Å². The molecule has 0 spiro atoms. The minimum atomic E-state index is -0.328. The van der Waals surface area contributed by atoms with E-state index >= 15 is 0 Å². The molecule has 14 atom stereocenters. The summed E-state index contributed by atoms with van der Waals surface area (Å²) in [5, 5.41) is 33.7. The highest BCUT2D eigenvalue weighted by molar-refractivity contribution is 5.77. The molecule has 11 heteroatoms. The van der Waals surface area contributed by atoms with E-state index in [0.29, 0.717) is 139 Å². The molecule has 0 aromatic carbocycles. The Morgan fingerprint density at radius 1 is 0.587 bits per heavy atom. The summed E-state index contributed by atoms with van der Waals surface area (Å²) >= 11 is 0. The Morgan fingerprint density at radius 3 is 1.41 bits per heavy atom. The number of carbonyl (C=O) groups is 2. The summed E-state index contributed by atoms with van der Waals surface area (Å²) in [6.07, 6.45) is 5.55. The van der Waals surface area contributed by atoms with Crippen LogP contribution in [-0.4, -0.2) is 120 Å². The van der Waals surface area contributed by atoms with Crippen LogP contribution in [0, 0.1) is 71.0 Å². The molecule has 11 nitrogen and oxygen atoms in total. The molecule has 0 aliphatic carbocycles. The summed E-state index contributed by atoms with van der Waals surface area (Å²) in [4.78, 5) is 25.4. The minimum absolute atomic E-state index is 0.237. The van der Waals surface area contributed by atoms with Gasteiger partial charge in [0.25, 0.3) is 0 Å². The van der Waals surface area contributed by atoms with Crippen molar-refractivity contribution < 1.29 is 29.3 Å². The zero-order valence-corrected chi connectivity index (χ0v) is 43.5. The maximum absolute atomic E-state index is 11.9. The SMILES string of the molecule is CC(C)C1CCCC(=O)NC1C(C)C.CC(C)C1N[C@@H]2C[C@@H](OC[C@H]2O)C1C(C)C.CC(C)C1N[C@H]2C[C@H](OC[C@H]2O)C1C(C)C.CCN1CC(C(C)C)C(C(C)C)NCCC1=O. The number of nitrogens with zero attached hydrogens (tertiary/aromatic N) is 1. The molecular formula is C52H101N5O6. The third-order valence-electron chi connectivity index (χ3n) is 15.6. The lowest BCUT2D eigenvalue weighted by Crippen LogP contribution is -2.64. The lowest BCUT2D eigenvalue weighted by Gasteiger charge is -2.50. The van der Waals surface area contributed by atoms with E-state index in [1.807, 2.05) is 4.90 Å². The van der Waals surface area contributed by atoms with Crippen LogP contribution in [0.15, 0.2) is 0 Å². The van der Waals surface area contributed by atoms with Gasteiger partial charge in [0.05, 0.1) is 37.6 Å². The van der Waals surface area contributed by atoms with Crippen molar-refractivity contribution in [3.63, 3.8) is 0 Å². The number of hydrogen-bond acceptors (Lipinski definition) is 9. The zero-order valence-electron chi connectivity index (χ0n) is 43.5. The zero-order chi connectivity index (χ0) is 47.5. The van der Waals surface area contributed by atoms with Gasteiger partial charge in [-0.15, -0.1) is 0 Å². The molecule has 6 aliphatic rings. The topological polar surface area (TPSA) is 144 Å². The van der Waals surface area contributed by atoms with Crippen LogP contribution < -0.4 is 21.3 Å². The number of carbonyl (C=O) groups excluding carboxylic acids is 2. The van der Waals surface area contributed by atoms with Crippen LogP contribution in [0.4, 0.5) is 0 Å². The molecule has 0 saturated carbocycles. The van der Waals surface area contributed by atoms with Gasteiger partial charge in [0.15, 0.2) is 0 Å². The van der Waals surface area contributed by atoms with Gasteiger partial charge in [0.1, 0.15) is 0 Å². The van der Waals surface area contributed by atoms with Gasteiger partial charge in [-0.05, 0) is 91.8 Å². The molecule has 6 rings (SSSR count). The van der Waals surface area contributed by atoms with E-state index in [1.165, 1.54) is 6.42 Å². The van der Waals surface area contributed by atoms with Crippen molar-refractivity contribution in [1.29, 1.82) is 0 Å². The van der Waals surface area contributed by atoms with E-state index in [-0.39, 0.29) is 30.2 Å². The van der Waals surface area contributed by atoms with E-state index in [0.717, 1.165) is 38.9 Å². The van der Waals surface area contributed by atoms with Gasteiger partial charge >= 0.3 is 0 Å². The van der Waals surface area contributed by atoms with Crippen LogP contribution in [0.2, 0.25) is 0 Å². The third kappa shape index (κ3) is 15.9. The van der Waals surface area contributed by atoms with E-state index in [2.05, 4.69) is 139 Å². The fourth-order valence-corrected chi connectivity index (χ4v) is 11.9. The average molecular weight is 892 g/mol. The van der Waals surface area contributed by atoms with Gasteiger partial charge in [-0.1, -0.05) is 111 Å². The summed E-state index contributed by atoms with van der Waals surface area (Å²) in [7, 11) is 0. The molecule has 6 aliphatic heterocycles. The Hall–Kier alpha value is -1.34. The minimum Gasteiger partial charge on any atom is -0.389 e. The van der Waals surface area contributed by atoms with Crippen molar-refractivity contribution in [3.05, 3.63) is 0 Å². The molecule has 6 heterocycles. The van der Waals surface area contributed by atoms with Crippen LogP contribution in [-0.2, 0) is 19.1 Å². The molecule has 8 unspecified atom stereocenters. The molecule has 6 N–H and O–H groups in total. The van der Waals surface area contributed by atoms with Crippen LogP contribution in [0.25, 0.3) is 0 Å². The van der Waals surface area contributed by atoms with E-state index in [4.69, 9.17) is 9.47 Å². The fourth-order valence-electron chi connectivity index (χ4n) is 11.9. The lowest BCUT2D eigenvalue weighted by molar-refractivity contribution is -0.139. The number of aliphatic hydroxyl groups is 2. The summed E-state index contributed by atoms with van der Waals surface area (Å²) in [6, 6.07) is 2.32. The van der Waals surface area contributed by atoms with Gasteiger partial charge in [-0.2, -0.15) is 0 Å². The second kappa shape index (κ2) is 26.3. The first-order chi connectivity index (χ1) is 29.5.